The molecule has 0 saturated carbocycles. The van der Waals surface area contributed by atoms with E-state index in [1.165, 1.54) is 11.1 Å². The first kappa shape index (κ1) is 9.71. The molecule has 3 heteroatoms. The highest BCUT2D eigenvalue weighted by Gasteiger charge is 2.01. The van der Waals surface area contributed by atoms with Gasteiger partial charge in [0.05, 0.1) is 0 Å². The molecule has 0 aliphatic carbocycles. The Bertz CT molecular complexity index is 321. The molecule has 0 N–H and O–H groups in total. The van der Waals surface area contributed by atoms with Gasteiger partial charge in [-0.05, 0) is 43.0 Å². The Hall–Kier alpha value is -1.38. The summed E-state index contributed by atoms with van der Waals surface area (Å²) in [5.41, 5.74) is 4.60. The van der Waals surface area contributed by atoms with Crippen molar-refractivity contribution in [2.75, 3.05) is 0 Å². The average molecular weight is 179 g/mol. The highest BCUT2D eigenvalue weighted by molar-refractivity contribution is 5.35. The van der Waals surface area contributed by atoms with E-state index in [0.717, 1.165) is 11.1 Å². The van der Waals surface area contributed by atoms with E-state index in [-0.39, 0.29) is 6.61 Å². The molecular formula is C10H13NO2. The first-order valence-corrected chi connectivity index (χ1v) is 4.16. The van der Waals surface area contributed by atoms with Crippen LogP contribution in [0.5, 0.6) is 0 Å². The third-order valence-electron chi connectivity index (χ3n) is 2.23. The molecule has 70 valence electrons. The molecule has 0 aromatic heterocycles. The van der Waals surface area contributed by atoms with E-state index < -0.39 is 0 Å². The van der Waals surface area contributed by atoms with E-state index in [4.69, 9.17) is 0 Å². The zero-order chi connectivity index (χ0) is 9.84. The van der Waals surface area contributed by atoms with Crippen molar-refractivity contribution in [3.05, 3.63) is 39.3 Å². The number of rotatable bonds is 3. The summed E-state index contributed by atoms with van der Waals surface area (Å²) >= 11 is 0. The van der Waals surface area contributed by atoms with Gasteiger partial charge >= 0.3 is 0 Å². The molecule has 1 aromatic rings. The van der Waals surface area contributed by atoms with E-state index in [9.17, 15) is 4.91 Å². The highest BCUT2D eigenvalue weighted by atomic mass is 16.7. The second kappa shape index (κ2) is 4.03. The lowest BCUT2D eigenvalue weighted by molar-refractivity contribution is 0.125. The van der Waals surface area contributed by atoms with Gasteiger partial charge in [0.15, 0.2) is 5.34 Å². The Morgan fingerprint density at radius 3 is 2.38 bits per heavy atom. The monoisotopic (exact) mass is 179 g/mol. The molecule has 3 nitrogen and oxygen atoms in total. The van der Waals surface area contributed by atoms with Crippen LogP contribution in [-0.4, -0.2) is 0 Å². The molecule has 0 bridgehead atoms. The van der Waals surface area contributed by atoms with Crippen molar-refractivity contribution in [1.29, 1.82) is 0 Å². The van der Waals surface area contributed by atoms with E-state index in [1.807, 2.05) is 19.9 Å². The minimum absolute atomic E-state index is 0.260. The molecule has 0 aliphatic rings. The van der Waals surface area contributed by atoms with Crippen molar-refractivity contribution >= 4 is 0 Å². The summed E-state index contributed by atoms with van der Waals surface area (Å²) in [5, 5.41) is 2.37. The summed E-state index contributed by atoms with van der Waals surface area (Å²) < 4.78 is 0. The van der Waals surface area contributed by atoms with Crippen LogP contribution in [0.3, 0.4) is 0 Å². The zero-order valence-electron chi connectivity index (χ0n) is 8.13. The van der Waals surface area contributed by atoms with Gasteiger partial charge in [0.25, 0.3) is 0 Å². The normalized spacial score (nSPS) is 9.77. The minimum atomic E-state index is 0.260. The van der Waals surface area contributed by atoms with Crippen molar-refractivity contribution < 1.29 is 4.84 Å². The van der Waals surface area contributed by atoms with E-state index in [2.05, 4.69) is 23.2 Å². The highest BCUT2D eigenvalue weighted by Crippen LogP contribution is 2.15. The number of hydrogen-bond acceptors (Lipinski definition) is 3. The van der Waals surface area contributed by atoms with Gasteiger partial charge in [-0.25, -0.2) is 0 Å². The summed E-state index contributed by atoms with van der Waals surface area (Å²) in [6, 6.07) is 4.11. The van der Waals surface area contributed by atoms with Crippen LogP contribution in [-0.2, 0) is 11.4 Å². The molecule has 0 amide bonds. The topological polar surface area (TPSA) is 38.7 Å². The predicted octanol–water partition coefficient (Wildman–Crippen LogP) is 2.81. The van der Waals surface area contributed by atoms with Crippen LogP contribution in [0.4, 0.5) is 0 Å². The molecule has 0 heterocycles. The largest absolute Gasteiger partial charge is 0.359 e. The lowest BCUT2D eigenvalue weighted by Crippen LogP contribution is -1.94. The standard InChI is InChI=1S/C10H13NO2/c1-7-4-9(3)10(5-8(7)2)6-13-11-12/h4-5H,6H2,1-3H3. The molecule has 13 heavy (non-hydrogen) atoms. The lowest BCUT2D eigenvalue weighted by Gasteiger charge is -2.07. The third kappa shape index (κ3) is 2.28. The summed E-state index contributed by atoms with van der Waals surface area (Å²) in [5.74, 6) is 0. The zero-order valence-corrected chi connectivity index (χ0v) is 8.13. The number of benzene rings is 1. The fourth-order valence-electron chi connectivity index (χ4n) is 1.27. The van der Waals surface area contributed by atoms with Gasteiger partial charge in [-0.1, -0.05) is 12.1 Å². The number of hydrogen-bond donors (Lipinski definition) is 0. The number of aryl methyl sites for hydroxylation is 3. The maximum atomic E-state index is 9.77. The molecule has 1 rings (SSSR count). The molecule has 0 atom stereocenters. The fourth-order valence-corrected chi connectivity index (χ4v) is 1.27. The van der Waals surface area contributed by atoms with Crippen molar-refractivity contribution in [2.24, 2.45) is 5.34 Å². The van der Waals surface area contributed by atoms with Gasteiger partial charge in [-0.3, -0.25) is 0 Å². The van der Waals surface area contributed by atoms with Gasteiger partial charge in [0.1, 0.15) is 6.61 Å². The van der Waals surface area contributed by atoms with Crippen LogP contribution in [0.2, 0.25) is 0 Å². The van der Waals surface area contributed by atoms with Crippen molar-refractivity contribution in [3.63, 3.8) is 0 Å². The summed E-state index contributed by atoms with van der Waals surface area (Å²) in [6.07, 6.45) is 0. The van der Waals surface area contributed by atoms with Crippen LogP contribution in [0.25, 0.3) is 0 Å². The van der Waals surface area contributed by atoms with Crippen LogP contribution in [0.1, 0.15) is 22.3 Å². The Labute approximate surface area is 77.7 Å². The van der Waals surface area contributed by atoms with E-state index in [1.54, 1.807) is 0 Å². The summed E-state index contributed by atoms with van der Waals surface area (Å²) in [4.78, 5) is 14.2. The molecule has 0 radical (unpaired) electrons. The minimum Gasteiger partial charge on any atom is -0.359 e. The van der Waals surface area contributed by atoms with Gasteiger partial charge in [-0.2, -0.15) is 0 Å². The Balaban J connectivity index is 2.94. The Kier molecular flexibility index (Phi) is 3.01. The van der Waals surface area contributed by atoms with Gasteiger partial charge in [-0.15, -0.1) is 4.91 Å². The van der Waals surface area contributed by atoms with Crippen molar-refractivity contribution in [3.8, 4) is 0 Å². The average Bonchev–Trinajstić information content (AvgIpc) is 2.09. The fraction of sp³-hybridized carbons (Fsp3) is 0.400. The molecule has 0 saturated heterocycles. The molecular weight excluding hydrogens is 166 g/mol. The second-order valence-corrected chi connectivity index (χ2v) is 3.21. The Morgan fingerprint density at radius 2 is 1.77 bits per heavy atom. The summed E-state index contributed by atoms with van der Waals surface area (Å²) in [6.45, 7) is 6.35. The molecule has 0 fully saturated rings. The predicted molar refractivity (Wildman–Crippen MR) is 51.2 cm³/mol. The van der Waals surface area contributed by atoms with Crippen LogP contribution in [0.15, 0.2) is 17.5 Å². The van der Waals surface area contributed by atoms with Crippen LogP contribution in [0, 0.1) is 25.7 Å². The van der Waals surface area contributed by atoms with Crippen molar-refractivity contribution in [2.45, 2.75) is 27.4 Å². The smallest absolute Gasteiger partial charge is 0.155 e. The maximum Gasteiger partial charge on any atom is 0.155 e. The molecule has 0 unspecified atom stereocenters. The van der Waals surface area contributed by atoms with E-state index in [0.29, 0.717) is 0 Å². The second-order valence-electron chi connectivity index (χ2n) is 3.21. The maximum absolute atomic E-state index is 9.77. The SMILES string of the molecule is Cc1cc(C)c(CON=O)cc1C. The lowest BCUT2D eigenvalue weighted by atomic mass is 10.0. The first-order chi connectivity index (χ1) is 6.15. The third-order valence-corrected chi connectivity index (χ3v) is 2.23. The molecule has 0 aliphatic heterocycles. The van der Waals surface area contributed by atoms with Gasteiger partial charge in [0, 0.05) is 0 Å². The van der Waals surface area contributed by atoms with Crippen LogP contribution < -0.4 is 0 Å². The molecule has 1 aromatic carbocycles. The number of nitrogens with zero attached hydrogens (tertiary/aromatic N) is 1. The quantitative estimate of drug-likeness (QED) is 0.528. The van der Waals surface area contributed by atoms with Crippen molar-refractivity contribution in [1.82, 2.24) is 0 Å². The van der Waals surface area contributed by atoms with Gasteiger partial charge < -0.3 is 4.84 Å². The molecule has 0 spiro atoms. The van der Waals surface area contributed by atoms with Gasteiger partial charge in [0.2, 0.25) is 0 Å². The Morgan fingerprint density at radius 1 is 1.15 bits per heavy atom. The van der Waals surface area contributed by atoms with E-state index >= 15 is 0 Å². The summed E-state index contributed by atoms with van der Waals surface area (Å²) in [7, 11) is 0. The first-order valence-electron chi connectivity index (χ1n) is 4.16. The van der Waals surface area contributed by atoms with Crippen LogP contribution >= 0.6 is 0 Å².